The summed E-state index contributed by atoms with van der Waals surface area (Å²) in [5.41, 5.74) is 9.14. The van der Waals surface area contributed by atoms with Crippen molar-refractivity contribution in [3.63, 3.8) is 0 Å². The van der Waals surface area contributed by atoms with E-state index < -0.39 is 6.04 Å². The minimum Gasteiger partial charge on any atom is -0.495 e. The maximum absolute atomic E-state index is 14.1. The molecule has 1 heterocycles. The number of nitrogens with zero attached hydrogens (tertiary/aromatic N) is 1. The Hall–Kier alpha value is -1.94. The van der Waals surface area contributed by atoms with E-state index >= 15 is 0 Å². The highest BCUT2D eigenvalue weighted by atomic mass is 19.1. The van der Waals surface area contributed by atoms with Gasteiger partial charge in [0.25, 0.3) is 0 Å². The molecule has 2 rings (SSSR count). The first-order chi connectivity index (χ1) is 9.04. The molecule has 0 aliphatic carbocycles. The molecule has 1 aromatic carbocycles. The Morgan fingerprint density at radius 1 is 1.32 bits per heavy atom. The fourth-order valence-corrected chi connectivity index (χ4v) is 2.29. The largest absolute Gasteiger partial charge is 0.495 e. The summed E-state index contributed by atoms with van der Waals surface area (Å²) in [5, 5.41) is 0. The standard InChI is InChI=1S/C15H17FN2O/c1-9-6-10(2)14(12(16)7-9)15(17)11-4-5-18-8-13(11)19-3/h4-8,15H,17H2,1-3H3. The number of aryl methyl sites for hydroxylation is 2. The van der Waals surface area contributed by atoms with E-state index in [0.717, 1.165) is 16.7 Å². The lowest BCUT2D eigenvalue weighted by Gasteiger charge is -2.18. The fourth-order valence-electron chi connectivity index (χ4n) is 2.29. The zero-order chi connectivity index (χ0) is 14.0. The van der Waals surface area contributed by atoms with Gasteiger partial charge < -0.3 is 10.5 Å². The summed E-state index contributed by atoms with van der Waals surface area (Å²) >= 11 is 0. The molecule has 0 saturated carbocycles. The predicted octanol–water partition coefficient (Wildman–Crippen LogP) is 2.89. The van der Waals surface area contributed by atoms with Crippen LogP contribution in [0.3, 0.4) is 0 Å². The lowest BCUT2D eigenvalue weighted by molar-refractivity contribution is 0.405. The lowest BCUT2D eigenvalue weighted by atomic mass is 9.94. The smallest absolute Gasteiger partial charge is 0.142 e. The average Bonchev–Trinajstić information content (AvgIpc) is 2.37. The Labute approximate surface area is 112 Å². The van der Waals surface area contributed by atoms with Crippen molar-refractivity contribution in [1.29, 1.82) is 0 Å². The number of halogens is 1. The van der Waals surface area contributed by atoms with Crippen LogP contribution in [-0.4, -0.2) is 12.1 Å². The van der Waals surface area contributed by atoms with Crippen LogP contribution in [0.2, 0.25) is 0 Å². The molecule has 2 aromatic rings. The first-order valence-corrected chi connectivity index (χ1v) is 6.04. The third-order valence-corrected chi connectivity index (χ3v) is 3.16. The number of hydrogen-bond acceptors (Lipinski definition) is 3. The summed E-state index contributed by atoms with van der Waals surface area (Å²) in [4.78, 5) is 3.98. The normalized spacial score (nSPS) is 12.3. The Morgan fingerprint density at radius 2 is 2.05 bits per heavy atom. The Balaban J connectivity index is 2.53. The number of pyridine rings is 1. The van der Waals surface area contributed by atoms with Crippen LogP contribution in [0, 0.1) is 19.7 Å². The van der Waals surface area contributed by atoms with E-state index in [-0.39, 0.29) is 5.82 Å². The Kier molecular flexibility index (Phi) is 3.81. The van der Waals surface area contributed by atoms with Gasteiger partial charge in [-0.25, -0.2) is 4.39 Å². The number of aromatic nitrogens is 1. The van der Waals surface area contributed by atoms with Crippen LogP contribution in [0.1, 0.15) is 28.3 Å². The monoisotopic (exact) mass is 260 g/mol. The second-order valence-electron chi connectivity index (χ2n) is 4.57. The highest BCUT2D eigenvalue weighted by Crippen LogP contribution is 2.31. The van der Waals surface area contributed by atoms with Crippen molar-refractivity contribution in [3.8, 4) is 5.75 Å². The number of ether oxygens (including phenoxy) is 1. The third kappa shape index (κ3) is 2.58. The zero-order valence-electron chi connectivity index (χ0n) is 11.3. The van der Waals surface area contributed by atoms with Gasteiger partial charge in [-0.05, 0) is 37.1 Å². The molecule has 0 aliphatic rings. The topological polar surface area (TPSA) is 48.1 Å². The molecule has 0 aliphatic heterocycles. The zero-order valence-corrected chi connectivity index (χ0v) is 11.3. The molecule has 0 fully saturated rings. The van der Waals surface area contributed by atoms with Crippen LogP contribution >= 0.6 is 0 Å². The Bertz CT molecular complexity index is 575. The van der Waals surface area contributed by atoms with Crippen molar-refractivity contribution in [1.82, 2.24) is 4.98 Å². The third-order valence-electron chi connectivity index (χ3n) is 3.16. The number of benzene rings is 1. The van der Waals surface area contributed by atoms with E-state index in [1.54, 1.807) is 25.6 Å². The van der Waals surface area contributed by atoms with E-state index in [9.17, 15) is 4.39 Å². The van der Waals surface area contributed by atoms with Crippen LogP contribution in [-0.2, 0) is 0 Å². The minimum atomic E-state index is -0.571. The van der Waals surface area contributed by atoms with Gasteiger partial charge >= 0.3 is 0 Å². The highest BCUT2D eigenvalue weighted by molar-refractivity contribution is 5.43. The van der Waals surface area contributed by atoms with Crippen LogP contribution in [0.5, 0.6) is 5.75 Å². The van der Waals surface area contributed by atoms with Gasteiger partial charge in [0.05, 0.1) is 19.3 Å². The van der Waals surface area contributed by atoms with E-state index in [2.05, 4.69) is 4.98 Å². The number of nitrogens with two attached hydrogens (primary N) is 1. The SMILES string of the molecule is COc1cnccc1C(N)c1c(C)cc(C)cc1F. The molecule has 0 saturated heterocycles. The average molecular weight is 260 g/mol. The lowest BCUT2D eigenvalue weighted by Crippen LogP contribution is -2.16. The molecule has 0 bridgehead atoms. The van der Waals surface area contributed by atoms with E-state index in [4.69, 9.17) is 10.5 Å². The van der Waals surface area contributed by atoms with Gasteiger partial charge in [0.15, 0.2) is 0 Å². The quantitative estimate of drug-likeness (QED) is 0.923. The molecular formula is C15H17FN2O. The van der Waals surface area contributed by atoms with Gasteiger partial charge in [0.2, 0.25) is 0 Å². The van der Waals surface area contributed by atoms with E-state index in [1.807, 2.05) is 19.9 Å². The summed E-state index contributed by atoms with van der Waals surface area (Å²) < 4.78 is 19.4. The van der Waals surface area contributed by atoms with E-state index in [1.165, 1.54) is 6.07 Å². The molecule has 3 nitrogen and oxygen atoms in total. The number of hydrogen-bond donors (Lipinski definition) is 1. The van der Waals surface area contributed by atoms with Crippen LogP contribution < -0.4 is 10.5 Å². The van der Waals surface area contributed by atoms with Gasteiger partial charge in [0.1, 0.15) is 11.6 Å². The predicted molar refractivity (Wildman–Crippen MR) is 72.7 cm³/mol. The molecule has 19 heavy (non-hydrogen) atoms. The maximum Gasteiger partial charge on any atom is 0.142 e. The second-order valence-corrected chi connectivity index (χ2v) is 4.57. The first-order valence-electron chi connectivity index (χ1n) is 6.04. The van der Waals surface area contributed by atoms with Gasteiger partial charge in [-0.3, -0.25) is 4.98 Å². The van der Waals surface area contributed by atoms with Gasteiger partial charge in [-0.15, -0.1) is 0 Å². The number of rotatable bonds is 3. The van der Waals surface area contributed by atoms with Gasteiger partial charge in [-0.2, -0.15) is 0 Å². The number of methoxy groups -OCH3 is 1. The summed E-state index contributed by atoms with van der Waals surface area (Å²) in [7, 11) is 1.55. The summed E-state index contributed by atoms with van der Waals surface area (Å²) in [6.45, 7) is 3.72. The molecule has 1 unspecified atom stereocenters. The fraction of sp³-hybridized carbons (Fsp3) is 0.267. The maximum atomic E-state index is 14.1. The second kappa shape index (κ2) is 5.36. The van der Waals surface area contributed by atoms with Crippen LogP contribution in [0.4, 0.5) is 4.39 Å². The van der Waals surface area contributed by atoms with Crippen molar-refractivity contribution in [2.24, 2.45) is 5.73 Å². The van der Waals surface area contributed by atoms with Crippen LogP contribution in [0.25, 0.3) is 0 Å². The molecule has 1 atom stereocenters. The Morgan fingerprint density at radius 3 is 2.68 bits per heavy atom. The van der Waals surface area contributed by atoms with Crippen LogP contribution in [0.15, 0.2) is 30.6 Å². The molecular weight excluding hydrogens is 243 g/mol. The van der Waals surface area contributed by atoms with Crippen molar-refractivity contribution in [2.75, 3.05) is 7.11 Å². The van der Waals surface area contributed by atoms with Crippen molar-refractivity contribution in [2.45, 2.75) is 19.9 Å². The van der Waals surface area contributed by atoms with E-state index in [0.29, 0.717) is 11.3 Å². The van der Waals surface area contributed by atoms with Crippen molar-refractivity contribution in [3.05, 3.63) is 58.7 Å². The van der Waals surface area contributed by atoms with Crippen molar-refractivity contribution < 1.29 is 9.13 Å². The molecule has 1 aromatic heterocycles. The summed E-state index contributed by atoms with van der Waals surface area (Å²) in [6.07, 6.45) is 3.20. The van der Waals surface area contributed by atoms with Gasteiger partial charge in [-0.1, -0.05) is 6.07 Å². The molecule has 2 N–H and O–H groups in total. The molecule has 0 amide bonds. The summed E-state index contributed by atoms with van der Waals surface area (Å²) in [5.74, 6) is 0.276. The summed E-state index contributed by atoms with van der Waals surface area (Å²) in [6, 6.07) is 4.60. The molecule has 100 valence electrons. The molecule has 4 heteroatoms. The minimum absolute atomic E-state index is 0.288. The van der Waals surface area contributed by atoms with Crippen molar-refractivity contribution >= 4 is 0 Å². The molecule has 0 radical (unpaired) electrons. The first kappa shape index (κ1) is 13.5. The highest BCUT2D eigenvalue weighted by Gasteiger charge is 2.19. The molecule has 0 spiro atoms. The van der Waals surface area contributed by atoms with Gasteiger partial charge in [0, 0.05) is 17.3 Å².